The molecule has 13 heteroatoms. The van der Waals surface area contributed by atoms with E-state index in [1.54, 1.807) is 44.3 Å². The summed E-state index contributed by atoms with van der Waals surface area (Å²) in [6.45, 7) is 6.82. The number of nitrogens with zero attached hydrogens (tertiary/aromatic N) is 5. The van der Waals surface area contributed by atoms with Crippen molar-refractivity contribution in [3.05, 3.63) is 78.2 Å². The van der Waals surface area contributed by atoms with Gasteiger partial charge in [-0.15, -0.1) is 0 Å². The molecule has 0 amide bonds. The van der Waals surface area contributed by atoms with Gasteiger partial charge in [0.15, 0.2) is 23.0 Å². The molecule has 0 saturated carbocycles. The first-order valence-corrected chi connectivity index (χ1v) is 14.9. The van der Waals surface area contributed by atoms with Gasteiger partial charge in [0.05, 0.1) is 36.7 Å². The van der Waals surface area contributed by atoms with Crippen LogP contribution in [0, 0.1) is 5.41 Å². The lowest BCUT2D eigenvalue weighted by Gasteiger charge is -2.33. The predicted molar refractivity (Wildman–Crippen MR) is 166 cm³/mol. The number of hydrogen-bond acceptors (Lipinski definition) is 9. The lowest BCUT2D eigenvalue weighted by atomic mass is 9.85. The van der Waals surface area contributed by atoms with Crippen LogP contribution in [0.5, 0.6) is 11.5 Å². The Morgan fingerprint density at radius 1 is 1.04 bits per heavy atom. The number of carboxylic acid groups (broad SMARTS) is 1. The smallest absolute Gasteiger partial charge is 0.433 e. The zero-order valence-electron chi connectivity index (χ0n) is 25.7. The number of aromatic nitrogens is 4. The Labute approximate surface area is 264 Å². The third-order valence-electron chi connectivity index (χ3n) is 7.47. The Kier molecular flexibility index (Phi) is 9.59. The average molecular weight is 637 g/mol. The number of aliphatic carboxylic acids is 1. The highest BCUT2D eigenvalue weighted by atomic mass is 19.4. The van der Waals surface area contributed by atoms with Crippen molar-refractivity contribution in [2.45, 2.75) is 52.3 Å². The molecule has 46 heavy (non-hydrogen) atoms. The second kappa shape index (κ2) is 13.6. The Hall–Kier alpha value is -4.94. The fraction of sp³-hybridized carbons (Fsp3) is 0.364. The van der Waals surface area contributed by atoms with Gasteiger partial charge in [-0.05, 0) is 69.9 Å². The van der Waals surface area contributed by atoms with Crippen molar-refractivity contribution >= 4 is 23.6 Å². The monoisotopic (exact) mass is 636 g/mol. The molecular formula is C33H35F3N6O4. The van der Waals surface area contributed by atoms with Crippen LogP contribution in [0.2, 0.25) is 0 Å². The van der Waals surface area contributed by atoms with E-state index in [4.69, 9.17) is 9.47 Å². The summed E-state index contributed by atoms with van der Waals surface area (Å²) in [4.78, 5) is 30.6. The van der Waals surface area contributed by atoms with Gasteiger partial charge in [0, 0.05) is 12.1 Å². The summed E-state index contributed by atoms with van der Waals surface area (Å²) in [6, 6.07) is 15.0. The first-order valence-electron chi connectivity index (χ1n) is 14.9. The zero-order valence-corrected chi connectivity index (χ0v) is 25.7. The molecule has 2 aromatic heterocycles. The highest BCUT2D eigenvalue weighted by molar-refractivity contribution is 5.74. The molecule has 1 aliphatic heterocycles. The summed E-state index contributed by atoms with van der Waals surface area (Å²) in [5, 5.41) is 12.3. The number of anilines is 3. The number of para-hydroxylation sites is 2. The van der Waals surface area contributed by atoms with Gasteiger partial charge in [-0.1, -0.05) is 30.3 Å². The van der Waals surface area contributed by atoms with Crippen LogP contribution in [-0.4, -0.2) is 56.8 Å². The van der Waals surface area contributed by atoms with Crippen LogP contribution < -0.4 is 19.7 Å². The maximum Gasteiger partial charge on any atom is 0.433 e. The number of carbonyl (C=O) groups is 1. The van der Waals surface area contributed by atoms with E-state index in [1.807, 2.05) is 36.1 Å². The lowest BCUT2D eigenvalue weighted by Crippen LogP contribution is -2.41. The summed E-state index contributed by atoms with van der Waals surface area (Å²) in [6.07, 6.45) is -0.0554. The van der Waals surface area contributed by atoms with Gasteiger partial charge < -0.3 is 24.8 Å². The minimum atomic E-state index is -4.74. The van der Waals surface area contributed by atoms with Crippen molar-refractivity contribution in [1.29, 1.82) is 0 Å². The minimum Gasteiger partial charge on any atom is -0.490 e. The number of hydrogen-bond donors (Lipinski definition) is 2. The molecule has 1 saturated heterocycles. The van der Waals surface area contributed by atoms with Gasteiger partial charge in [-0.25, -0.2) is 15.0 Å². The summed E-state index contributed by atoms with van der Waals surface area (Å²) >= 11 is 0. The van der Waals surface area contributed by atoms with Gasteiger partial charge in [0.25, 0.3) is 0 Å². The summed E-state index contributed by atoms with van der Waals surface area (Å²) < 4.78 is 53.7. The van der Waals surface area contributed by atoms with Gasteiger partial charge >= 0.3 is 12.1 Å². The topological polar surface area (TPSA) is 123 Å². The van der Waals surface area contributed by atoms with E-state index < -0.39 is 23.3 Å². The molecule has 0 unspecified atom stereocenters. The minimum absolute atomic E-state index is 0.0206. The van der Waals surface area contributed by atoms with Crippen LogP contribution in [0.3, 0.4) is 0 Å². The number of nitrogens with one attached hydrogen (secondary N) is 1. The van der Waals surface area contributed by atoms with E-state index in [0.717, 1.165) is 18.9 Å². The Morgan fingerprint density at radius 2 is 1.83 bits per heavy atom. The molecule has 1 fully saturated rings. The third kappa shape index (κ3) is 8.01. The molecule has 2 N–H and O–H groups in total. The fourth-order valence-corrected chi connectivity index (χ4v) is 5.15. The van der Waals surface area contributed by atoms with E-state index in [0.29, 0.717) is 48.1 Å². The summed E-state index contributed by atoms with van der Waals surface area (Å²) in [5.41, 5.74) is -1.14. The van der Waals surface area contributed by atoms with Crippen molar-refractivity contribution in [3.8, 4) is 22.8 Å². The summed E-state index contributed by atoms with van der Waals surface area (Å²) in [7, 11) is 0. The number of piperidine rings is 1. The number of carboxylic acids is 1. The van der Waals surface area contributed by atoms with Crippen molar-refractivity contribution in [2.75, 3.05) is 29.9 Å². The van der Waals surface area contributed by atoms with Gasteiger partial charge in [0.2, 0.25) is 5.95 Å². The SMILES string of the molecule is CCOc1ccccc1O[C@@H]1CCCN(c2cncc(Nc3nc(-c4cccc(CC(C)(C)C(=O)O)c4)cc(C(F)(F)F)n3)n2)C1. The normalized spacial score (nSPS) is 15.3. The molecule has 0 aliphatic carbocycles. The molecule has 3 heterocycles. The van der Waals surface area contributed by atoms with Crippen molar-refractivity contribution in [2.24, 2.45) is 5.41 Å². The average Bonchev–Trinajstić information content (AvgIpc) is 3.02. The highest BCUT2D eigenvalue weighted by Crippen LogP contribution is 2.33. The van der Waals surface area contributed by atoms with Crippen molar-refractivity contribution in [3.63, 3.8) is 0 Å². The van der Waals surface area contributed by atoms with E-state index in [-0.39, 0.29) is 30.0 Å². The standard InChI is InChI=1S/C33H35F3N6O4/c1-4-45-25-12-5-6-13-26(25)46-23-11-8-14-42(20-23)29-19-37-18-28(40-29)41-31-38-24(16-27(39-31)33(34,35)36)22-10-7-9-21(15-22)17-32(2,3)30(43)44/h5-7,9-10,12-13,15-16,18-19,23H,4,8,11,14,17,20H2,1-3H3,(H,43,44)(H,38,39,40,41)/t23-/m1/s1. The van der Waals surface area contributed by atoms with Crippen LogP contribution in [0.1, 0.15) is 44.9 Å². The first-order chi connectivity index (χ1) is 21.9. The van der Waals surface area contributed by atoms with Gasteiger partial charge in [-0.3, -0.25) is 9.78 Å². The second-order valence-electron chi connectivity index (χ2n) is 11.6. The number of benzene rings is 2. The van der Waals surface area contributed by atoms with E-state index in [1.165, 1.54) is 6.20 Å². The van der Waals surface area contributed by atoms with E-state index in [2.05, 4.69) is 25.3 Å². The first kappa shape index (κ1) is 32.5. The number of halogens is 3. The molecule has 0 bridgehead atoms. The largest absolute Gasteiger partial charge is 0.490 e. The molecule has 4 aromatic rings. The maximum absolute atomic E-state index is 13.9. The maximum atomic E-state index is 13.9. The quantitative estimate of drug-likeness (QED) is 0.182. The number of alkyl halides is 3. The summed E-state index contributed by atoms with van der Waals surface area (Å²) in [5.74, 6) is 0.742. The van der Waals surface area contributed by atoms with Crippen LogP contribution in [-0.2, 0) is 17.4 Å². The van der Waals surface area contributed by atoms with Gasteiger partial charge in [0.1, 0.15) is 11.9 Å². The molecule has 1 aliphatic rings. The van der Waals surface area contributed by atoms with Crippen LogP contribution in [0.25, 0.3) is 11.3 Å². The fourth-order valence-electron chi connectivity index (χ4n) is 5.15. The van der Waals surface area contributed by atoms with E-state index in [9.17, 15) is 23.1 Å². The van der Waals surface area contributed by atoms with Gasteiger partial charge in [-0.2, -0.15) is 13.2 Å². The molecule has 1 atom stereocenters. The van der Waals surface area contributed by atoms with Crippen molar-refractivity contribution < 1.29 is 32.5 Å². The zero-order chi connectivity index (χ0) is 32.9. The number of rotatable bonds is 11. The van der Waals surface area contributed by atoms with E-state index >= 15 is 0 Å². The number of ether oxygens (including phenoxy) is 2. The molecule has 0 radical (unpaired) electrons. The molecule has 0 spiro atoms. The van der Waals surface area contributed by atoms with Crippen molar-refractivity contribution in [1.82, 2.24) is 19.9 Å². The molecule has 2 aromatic carbocycles. The highest BCUT2D eigenvalue weighted by Gasteiger charge is 2.34. The van der Waals surface area contributed by atoms with Crippen LogP contribution in [0.15, 0.2) is 67.0 Å². The molecular weight excluding hydrogens is 601 g/mol. The Bertz CT molecular complexity index is 1680. The predicted octanol–water partition coefficient (Wildman–Crippen LogP) is 6.80. The van der Waals surface area contributed by atoms with Crippen LogP contribution >= 0.6 is 0 Å². The Morgan fingerprint density at radius 3 is 2.57 bits per heavy atom. The van der Waals surface area contributed by atoms with Crippen LogP contribution in [0.4, 0.5) is 30.8 Å². The second-order valence-corrected chi connectivity index (χ2v) is 11.6. The molecule has 5 rings (SSSR count). The molecule has 242 valence electrons. The molecule has 10 nitrogen and oxygen atoms in total. The Balaban J connectivity index is 1.37. The lowest BCUT2D eigenvalue weighted by molar-refractivity contribution is -0.146. The third-order valence-corrected chi connectivity index (χ3v) is 7.47.